The molecule has 0 radical (unpaired) electrons. The Morgan fingerprint density at radius 1 is 1.00 bits per heavy atom. The summed E-state index contributed by atoms with van der Waals surface area (Å²) in [4.78, 5) is 26.8. The van der Waals surface area contributed by atoms with Gasteiger partial charge in [0.25, 0.3) is 0 Å². The van der Waals surface area contributed by atoms with Crippen LogP contribution in [0.2, 0.25) is 0 Å². The smallest absolute Gasteiger partial charge is 0.243 e. The first kappa shape index (κ1) is 23.4. The Labute approximate surface area is 195 Å². The molecule has 0 unspecified atom stereocenters. The lowest BCUT2D eigenvalue weighted by Gasteiger charge is -2.32. The zero-order valence-corrected chi connectivity index (χ0v) is 20.2. The number of nitrogens with zero attached hydrogens (tertiary/aromatic N) is 2. The van der Waals surface area contributed by atoms with E-state index in [1.807, 2.05) is 32.0 Å². The van der Waals surface area contributed by atoms with Crippen LogP contribution in [0, 0.1) is 19.8 Å². The summed E-state index contributed by atoms with van der Waals surface area (Å²) in [5.41, 5.74) is 4.53. The summed E-state index contributed by atoms with van der Waals surface area (Å²) in [6.07, 6.45) is 2.83. The Kier molecular flexibility index (Phi) is 6.59. The quantitative estimate of drug-likeness (QED) is 0.741. The molecule has 1 saturated heterocycles. The van der Waals surface area contributed by atoms with Crippen LogP contribution in [0.25, 0.3) is 0 Å². The summed E-state index contributed by atoms with van der Waals surface area (Å²) in [5.74, 6) is -0.595. The lowest BCUT2D eigenvalue weighted by molar-refractivity contribution is -0.121. The summed E-state index contributed by atoms with van der Waals surface area (Å²) in [6, 6.07) is 10.9. The molecule has 2 amide bonds. The molecule has 2 aliphatic heterocycles. The maximum Gasteiger partial charge on any atom is 0.243 e. The van der Waals surface area contributed by atoms with Crippen LogP contribution in [0.15, 0.2) is 41.3 Å². The van der Waals surface area contributed by atoms with Crippen molar-refractivity contribution in [1.29, 1.82) is 0 Å². The lowest BCUT2D eigenvalue weighted by atomic mass is 9.98. The van der Waals surface area contributed by atoms with Gasteiger partial charge in [0.2, 0.25) is 21.8 Å². The molecule has 0 aromatic heterocycles. The van der Waals surface area contributed by atoms with E-state index in [4.69, 9.17) is 0 Å². The average molecular weight is 470 g/mol. The van der Waals surface area contributed by atoms with E-state index in [0.29, 0.717) is 25.9 Å². The number of rotatable bonds is 4. The third kappa shape index (κ3) is 4.96. The highest BCUT2D eigenvalue weighted by Gasteiger charge is 2.34. The monoisotopic (exact) mass is 469 g/mol. The number of hydrogen-bond acceptors (Lipinski definition) is 4. The Morgan fingerprint density at radius 2 is 1.73 bits per heavy atom. The molecule has 0 saturated carbocycles. The molecule has 33 heavy (non-hydrogen) atoms. The minimum Gasteiger partial charge on any atom is -0.326 e. The van der Waals surface area contributed by atoms with E-state index < -0.39 is 15.9 Å². The minimum absolute atomic E-state index is 0.0414. The fraction of sp³-hybridized carbons (Fsp3) is 0.440. The molecule has 1 N–H and O–H groups in total. The van der Waals surface area contributed by atoms with E-state index in [9.17, 15) is 18.0 Å². The number of hydrogen-bond donors (Lipinski definition) is 1. The topological polar surface area (TPSA) is 86.8 Å². The highest BCUT2D eigenvalue weighted by Crippen LogP contribution is 2.32. The van der Waals surface area contributed by atoms with Gasteiger partial charge in [0.15, 0.2) is 0 Å². The SMILES string of the molecule is CC(=O)N1CCCc2cc(S(=O)(=O)N3CCC[C@H](C(=O)Nc4cc(C)cc(C)c4)C3)ccc21. The van der Waals surface area contributed by atoms with E-state index in [0.717, 1.165) is 40.9 Å². The van der Waals surface area contributed by atoms with Gasteiger partial charge < -0.3 is 10.2 Å². The fourth-order valence-electron chi connectivity index (χ4n) is 4.88. The molecule has 1 fully saturated rings. The minimum atomic E-state index is -3.74. The van der Waals surface area contributed by atoms with Crippen molar-refractivity contribution in [2.75, 3.05) is 29.9 Å². The van der Waals surface area contributed by atoms with E-state index in [1.165, 1.54) is 11.2 Å². The van der Waals surface area contributed by atoms with Crippen molar-refractivity contribution < 1.29 is 18.0 Å². The molecular formula is C25H31N3O4S. The predicted molar refractivity (Wildman–Crippen MR) is 129 cm³/mol. The molecule has 2 heterocycles. The Bertz CT molecular complexity index is 1170. The first-order valence-electron chi connectivity index (χ1n) is 11.5. The maximum atomic E-state index is 13.4. The normalized spacial score (nSPS) is 19.1. The lowest BCUT2D eigenvalue weighted by Crippen LogP contribution is -2.43. The van der Waals surface area contributed by atoms with Gasteiger partial charge in [0.05, 0.1) is 10.8 Å². The largest absolute Gasteiger partial charge is 0.326 e. The predicted octanol–water partition coefficient (Wildman–Crippen LogP) is 3.64. The molecule has 0 spiro atoms. The third-order valence-corrected chi connectivity index (χ3v) is 8.29. The molecular weight excluding hydrogens is 438 g/mol. The van der Waals surface area contributed by atoms with Crippen LogP contribution in [0.5, 0.6) is 0 Å². The maximum absolute atomic E-state index is 13.4. The summed E-state index contributed by atoms with van der Waals surface area (Å²) in [7, 11) is -3.74. The molecule has 2 aromatic rings. The highest BCUT2D eigenvalue weighted by atomic mass is 32.2. The van der Waals surface area contributed by atoms with Gasteiger partial charge in [-0.1, -0.05) is 6.07 Å². The van der Waals surface area contributed by atoms with Crippen LogP contribution in [-0.4, -0.2) is 44.2 Å². The van der Waals surface area contributed by atoms with Crippen molar-refractivity contribution >= 4 is 33.2 Å². The van der Waals surface area contributed by atoms with E-state index >= 15 is 0 Å². The van der Waals surface area contributed by atoms with E-state index in [-0.39, 0.29) is 23.3 Å². The van der Waals surface area contributed by atoms with Gasteiger partial charge in [-0.3, -0.25) is 9.59 Å². The molecule has 0 aliphatic carbocycles. The standard InChI is InChI=1S/C25H31N3O4S/c1-17-12-18(2)14-22(13-17)26-25(30)21-7-4-10-27(16-21)33(31,32)23-8-9-24-20(15-23)6-5-11-28(24)19(3)29/h8-9,12-15,21H,4-7,10-11,16H2,1-3H3,(H,26,30)/t21-/m0/s1. The second kappa shape index (κ2) is 9.27. The first-order chi connectivity index (χ1) is 15.6. The van der Waals surface area contributed by atoms with E-state index in [1.54, 1.807) is 23.1 Å². The molecule has 7 nitrogen and oxygen atoms in total. The number of anilines is 2. The van der Waals surface area contributed by atoms with Gasteiger partial charge in [-0.25, -0.2) is 8.42 Å². The number of carbonyl (C=O) groups is 2. The van der Waals surface area contributed by atoms with Gasteiger partial charge in [0.1, 0.15) is 0 Å². The zero-order chi connectivity index (χ0) is 23.8. The first-order valence-corrected chi connectivity index (χ1v) is 12.9. The van der Waals surface area contributed by atoms with Crippen molar-refractivity contribution in [3.05, 3.63) is 53.1 Å². The summed E-state index contributed by atoms with van der Waals surface area (Å²) in [5, 5.41) is 2.96. The van der Waals surface area contributed by atoms with Crippen LogP contribution >= 0.6 is 0 Å². The third-order valence-electron chi connectivity index (χ3n) is 6.43. The van der Waals surface area contributed by atoms with Gasteiger partial charge >= 0.3 is 0 Å². The zero-order valence-electron chi connectivity index (χ0n) is 19.4. The van der Waals surface area contributed by atoms with Crippen molar-refractivity contribution in [2.45, 2.75) is 51.3 Å². The Balaban J connectivity index is 1.51. The molecule has 8 heteroatoms. The number of piperidine rings is 1. The molecule has 2 aromatic carbocycles. The summed E-state index contributed by atoms with van der Waals surface area (Å²) in [6.45, 7) is 6.69. The summed E-state index contributed by atoms with van der Waals surface area (Å²) < 4.78 is 28.3. The van der Waals surface area contributed by atoms with Gasteiger partial charge in [0, 0.05) is 37.9 Å². The molecule has 2 aliphatic rings. The highest BCUT2D eigenvalue weighted by molar-refractivity contribution is 7.89. The Hall–Kier alpha value is -2.71. The number of sulfonamides is 1. The van der Waals surface area contributed by atoms with Crippen molar-refractivity contribution in [3.8, 4) is 0 Å². The van der Waals surface area contributed by atoms with Crippen molar-refractivity contribution in [3.63, 3.8) is 0 Å². The van der Waals surface area contributed by atoms with Gasteiger partial charge in [-0.05, 0) is 86.6 Å². The van der Waals surface area contributed by atoms with Crippen LogP contribution in [0.3, 0.4) is 0 Å². The van der Waals surface area contributed by atoms with Crippen LogP contribution in [-0.2, 0) is 26.0 Å². The Morgan fingerprint density at radius 3 is 2.42 bits per heavy atom. The van der Waals surface area contributed by atoms with Crippen molar-refractivity contribution in [2.24, 2.45) is 5.92 Å². The van der Waals surface area contributed by atoms with E-state index in [2.05, 4.69) is 5.32 Å². The fourth-order valence-corrected chi connectivity index (χ4v) is 6.45. The molecule has 176 valence electrons. The summed E-state index contributed by atoms with van der Waals surface area (Å²) >= 11 is 0. The average Bonchev–Trinajstić information content (AvgIpc) is 2.77. The number of fused-ring (bicyclic) bond motifs is 1. The van der Waals surface area contributed by atoms with Crippen LogP contribution in [0.4, 0.5) is 11.4 Å². The number of carbonyl (C=O) groups excluding carboxylic acids is 2. The van der Waals surface area contributed by atoms with Gasteiger partial charge in [-0.2, -0.15) is 4.31 Å². The van der Waals surface area contributed by atoms with Gasteiger partial charge in [-0.15, -0.1) is 0 Å². The molecule has 1 atom stereocenters. The molecule has 4 rings (SSSR count). The molecule has 0 bridgehead atoms. The van der Waals surface area contributed by atoms with Crippen LogP contribution in [0.1, 0.15) is 42.9 Å². The van der Waals surface area contributed by atoms with Crippen LogP contribution < -0.4 is 10.2 Å². The number of aryl methyl sites for hydroxylation is 3. The second-order valence-electron chi connectivity index (χ2n) is 9.13. The number of benzene rings is 2. The second-order valence-corrected chi connectivity index (χ2v) is 11.1. The number of amides is 2. The number of nitrogens with one attached hydrogen (secondary N) is 1. The van der Waals surface area contributed by atoms with Crippen molar-refractivity contribution in [1.82, 2.24) is 4.31 Å².